The van der Waals surface area contributed by atoms with Gasteiger partial charge in [0.05, 0.1) is 21.3 Å². The summed E-state index contributed by atoms with van der Waals surface area (Å²) in [5.41, 5.74) is 1.00. The molecule has 0 radical (unpaired) electrons. The number of nitrogens with one attached hydrogen (secondary N) is 1. The van der Waals surface area contributed by atoms with Crippen molar-refractivity contribution in [3.8, 4) is 0 Å². The van der Waals surface area contributed by atoms with Crippen LogP contribution in [0.5, 0.6) is 0 Å². The minimum Gasteiger partial charge on any atom is -0.319 e. The van der Waals surface area contributed by atoms with Crippen molar-refractivity contribution in [1.82, 2.24) is 9.78 Å². The van der Waals surface area contributed by atoms with Crippen LogP contribution in [0.1, 0.15) is 16.2 Å². The van der Waals surface area contributed by atoms with Crippen LogP contribution >= 0.6 is 43.5 Å². The van der Waals surface area contributed by atoms with Crippen LogP contribution in [-0.2, 0) is 7.05 Å². The van der Waals surface area contributed by atoms with Gasteiger partial charge < -0.3 is 5.32 Å². The van der Waals surface area contributed by atoms with Crippen LogP contribution in [-0.4, -0.2) is 20.6 Å². The molecule has 7 nitrogen and oxygen atoms in total. The zero-order chi connectivity index (χ0) is 16.6. The van der Waals surface area contributed by atoms with Gasteiger partial charge in [0.25, 0.3) is 11.6 Å². The second-order valence-corrected chi connectivity index (χ2v) is 6.45. The SMILES string of the molecule is Cc1nn(C)c(C(=O)Nc2c(Br)cc([N+](=O)[O-])cc2Br)c1Cl. The van der Waals surface area contributed by atoms with E-state index in [2.05, 4.69) is 42.3 Å². The van der Waals surface area contributed by atoms with E-state index in [1.165, 1.54) is 16.8 Å². The van der Waals surface area contributed by atoms with Crippen molar-refractivity contribution in [3.63, 3.8) is 0 Å². The normalized spacial score (nSPS) is 10.6. The van der Waals surface area contributed by atoms with Gasteiger partial charge in [-0.1, -0.05) is 11.6 Å². The fourth-order valence-electron chi connectivity index (χ4n) is 1.84. The van der Waals surface area contributed by atoms with Gasteiger partial charge in [-0.25, -0.2) is 0 Å². The highest BCUT2D eigenvalue weighted by Gasteiger charge is 2.21. The van der Waals surface area contributed by atoms with E-state index in [9.17, 15) is 14.9 Å². The Kier molecular flexibility index (Phi) is 4.88. The highest BCUT2D eigenvalue weighted by molar-refractivity contribution is 9.11. The number of aromatic nitrogens is 2. The zero-order valence-electron chi connectivity index (χ0n) is 11.4. The maximum absolute atomic E-state index is 12.4. The molecule has 116 valence electrons. The van der Waals surface area contributed by atoms with Crippen molar-refractivity contribution in [3.05, 3.63) is 47.6 Å². The fraction of sp³-hybridized carbons (Fsp3) is 0.167. The molecule has 2 rings (SSSR count). The van der Waals surface area contributed by atoms with Crippen LogP contribution in [0, 0.1) is 17.0 Å². The number of nitro groups is 1. The third-order valence-electron chi connectivity index (χ3n) is 2.84. The number of aryl methyl sites for hydroxylation is 2. The molecule has 0 aliphatic carbocycles. The Morgan fingerprint density at radius 3 is 2.36 bits per heavy atom. The lowest BCUT2D eigenvalue weighted by atomic mass is 10.2. The topological polar surface area (TPSA) is 90.1 Å². The summed E-state index contributed by atoms with van der Waals surface area (Å²) >= 11 is 12.5. The van der Waals surface area contributed by atoms with Crippen LogP contribution in [0.15, 0.2) is 21.1 Å². The van der Waals surface area contributed by atoms with E-state index in [4.69, 9.17) is 11.6 Å². The molecule has 0 aliphatic rings. The molecule has 1 heterocycles. The first kappa shape index (κ1) is 16.9. The van der Waals surface area contributed by atoms with Crippen molar-refractivity contribution in [2.75, 3.05) is 5.32 Å². The predicted octanol–water partition coefficient (Wildman–Crippen LogP) is 4.07. The second-order valence-electron chi connectivity index (χ2n) is 4.37. The quantitative estimate of drug-likeness (QED) is 0.562. The molecule has 0 atom stereocenters. The number of carbonyl (C=O) groups excluding carboxylic acids is 1. The molecular formula is C12H9Br2ClN4O3. The molecule has 0 unspecified atom stereocenters. The summed E-state index contributed by atoms with van der Waals surface area (Å²) < 4.78 is 2.12. The van der Waals surface area contributed by atoms with Crippen molar-refractivity contribution in [1.29, 1.82) is 0 Å². The maximum Gasteiger partial charge on any atom is 0.275 e. The molecule has 1 aromatic heterocycles. The van der Waals surface area contributed by atoms with Gasteiger partial charge >= 0.3 is 0 Å². The highest BCUT2D eigenvalue weighted by atomic mass is 79.9. The van der Waals surface area contributed by atoms with Gasteiger partial charge in [0.15, 0.2) is 0 Å². The van der Waals surface area contributed by atoms with Gasteiger partial charge in [0.1, 0.15) is 5.69 Å². The smallest absolute Gasteiger partial charge is 0.275 e. The lowest BCUT2D eigenvalue weighted by molar-refractivity contribution is -0.385. The number of benzene rings is 1. The number of nitro benzene ring substituents is 1. The van der Waals surface area contributed by atoms with E-state index in [-0.39, 0.29) is 16.4 Å². The van der Waals surface area contributed by atoms with Crippen molar-refractivity contribution in [2.24, 2.45) is 7.05 Å². The average Bonchev–Trinajstić information content (AvgIpc) is 2.67. The highest BCUT2D eigenvalue weighted by Crippen LogP contribution is 2.35. The van der Waals surface area contributed by atoms with Crippen LogP contribution < -0.4 is 5.32 Å². The van der Waals surface area contributed by atoms with Gasteiger partial charge in [0.2, 0.25) is 0 Å². The van der Waals surface area contributed by atoms with E-state index in [1.807, 2.05) is 0 Å². The summed E-state index contributed by atoms with van der Waals surface area (Å²) in [6.45, 7) is 1.69. The van der Waals surface area contributed by atoms with Crippen LogP contribution in [0.4, 0.5) is 11.4 Å². The number of halogens is 3. The summed E-state index contributed by atoms with van der Waals surface area (Å²) in [5, 5.41) is 17.8. The Hall–Kier alpha value is -1.45. The Balaban J connectivity index is 2.39. The van der Waals surface area contributed by atoms with Gasteiger partial charge in [0, 0.05) is 28.1 Å². The molecule has 10 heteroatoms. The number of non-ortho nitro benzene ring substituents is 1. The lowest BCUT2D eigenvalue weighted by Gasteiger charge is -2.10. The monoisotopic (exact) mass is 450 g/mol. The Morgan fingerprint density at radius 2 is 1.95 bits per heavy atom. The number of anilines is 1. The first-order chi connectivity index (χ1) is 10.2. The third-order valence-corrected chi connectivity index (χ3v) is 4.54. The van der Waals surface area contributed by atoms with Crippen LogP contribution in [0.2, 0.25) is 5.02 Å². The molecule has 0 bridgehead atoms. The average molecular weight is 452 g/mol. The van der Waals surface area contributed by atoms with E-state index < -0.39 is 10.8 Å². The van der Waals surface area contributed by atoms with Crippen LogP contribution in [0.3, 0.4) is 0 Å². The first-order valence-electron chi connectivity index (χ1n) is 5.86. The number of hydrogen-bond acceptors (Lipinski definition) is 4. The Labute approximate surface area is 147 Å². The zero-order valence-corrected chi connectivity index (χ0v) is 15.3. The fourth-order valence-corrected chi connectivity index (χ4v) is 3.44. The third kappa shape index (κ3) is 3.16. The summed E-state index contributed by atoms with van der Waals surface area (Å²) in [4.78, 5) is 22.6. The number of carbonyl (C=O) groups is 1. The minimum atomic E-state index is -0.525. The molecule has 0 spiro atoms. The van der Waals surface area contributed by atoms with Crippen molar-refractivity contribution < 1.29 is 9.72 Å². The summed E-state index contributed by atoms with van der Waals surface area (Å²) in [6.07, 6.45) is 0. The second kappa shape index (κ2) is 6.35. The lowest BCUT2D eigenvalue weighted by Crippen LogP contribution is -2.17. The molecule has 0 saturated heterocycles. The molecular weight excluding hydrogens is 443 g/mol. The molecule has 2 aromatic rings. The molecule has 0 fully saturated rings. The molecule has 22 heavy (non-hydrogen) atoms. The number of amides is 1. The maximum atomic E-state index is 12.4. The predicted molar refractivity (Wildman–Crippen MR) is 89.4 cm³/mol. The van der Waals surface area contributed by atoms with Gasteiger partial charge in [-0.3, -0.25) is 19.6 Å². The summed E-state index contributed by atoms with van der Waals surface area (Å²) in [5.74, 6) is -0.469. The van der Waals surface area contributed by atoms with Gasteiger partial charge in [-0.2, -0.15) is 5.10 Å². The first-order valence-corrected chi connectivity index (χ1v) is 7.82. The molecule has 1 amide bonds. The molecule has 1 aromatic carbocycles. The summed E-state index contributed by atoms with van der Waals surface area (Å²) in [7, 11) is 1.60. The minimum absolute atomic E-state index is 0.105. The summed E-state index contributed by atoms with van der Waals surface area (Å²) in [6, 6.07) is 2.60. The van der Waals surface area contributed by atoms with E-state index in [0.717, 1.165) is 0 Å². The van der Waals surface area contributed by atoms with Crippen molar-refractivity contribution in [2.45, 2.75) is 6.92 Å². The van der Waals surface area contributed by atoms with E-state index in [0.29, 0.717) is 20.3 Å². The molecule has 0 aliphatic heterocycles. The van der Waals surface area contributed by atoms with Gasteiger partial charge in [-0.05, 0) is 38.8 Å². The number of nitrogens with zero attached hydrogens (tertiary/aromatic N) is 3. The largest absolute Gasteiger partial charge is 0.319 e. The van der Waals surface area contributed by atoms with Gasteiger partial charge in [-0.15, -0.1) is 0 Å². The Bertz CT molecular complexity index is 768. The van der Waals surface area contributed by atoms with Crippen molar-refractivity contribution >= 4 is 60.7 Å². The van der Waals surface area contributed by atoms with Crippen LogP contribution in [0.25, 0.3) is 0 Å². The standard InChI is InChI=1S/C12H9Br2ClN4O3/c1-5-9(15)11(18(2)17-5)12(20)16-10-7(13)3-6(19(21)22)4-8(10)14/h3-4H,1-2H3,(H,16,20). The number of hydrogen-bond donors (Lipinski definition) is 1. The Morgan fingerprint density at radius 1 is 1.41 bits per heavy atom. The van der Waals surface area contributed by atoms with E-state index in [1.54, 1.807) is 14.0 Å². The number of rotatable bonds is 3. The molecule has 1 N–H and O–H groups in total. The van der Waals surface area contributed by atoms with E-state index >= 15 is 0 Å². The molecule has 0 saturated carbocycles.